The zero-order valence-corrected chi connectivity index (χ0v) is 14.2. The quantitative estimate of drug-likeness (QED) is 0.745. The van der Waals surface area contributed by atoms with E-state index in [1.165, 1.54) is 5.56 Å². The van der Waals surface area contributed by atoms with Crippen molar-refractivity contribution in [3.8, 4) is 0 Å². The Hall–Kier alpha value is -1.13. The number of benzene rings is 2. The van der Waals surface area contributed by atoms with Crippen LogP contribution in [0.4, 0.5) is 5.69 Å². The molecule has 0 aliphatic carbocycles. The zero-order valence-electron chi connectivity index (χ0n) is 11.1. The largest absolute Gasteiger partial charge is 0.325 e. The van der Waals surface area contributed by atoms with Crippen molar-refractivity contribution in [1.29, 1.82) is 0 Å². The summed E-state index contributed by atoms with van der Waals surface area (Å²) in [6, 6.07) is 15.8. The summed E-state index contributed by atoms with van der Waals surface area (Å²) in [5.74, 6) is -0.0308. The molecule has 0 heterocycles. The summed E-state index contributed by atoms with van der Waals surface area (Å²) in [6.45, 7) is 2.02. The van der Waals surface area contributed by atoms with Gasteiger partial charge in [-0.25, -0.2) is 0 Å². The lowest BCUT2D eigenvalue weighted by Gasteiger charge is -2.11. The smallest absolute Gasteiger partial charge is 0.238 e. The first-order valence-electron chi connectivity index (χ1n) is 6.30. The molecule has 0 aromatic heterocycles. The van der Waals surface area contributed by atoms with Crippen molar-refractivity contribution < 1.29 is 4.79 Å². The highest BCUT2D eigenvalue weighted by Crippen LogP contribution is 2.16. The number of carbonyl (C=O) groups excluding carboxylic acids is 1. The normalized spacial score (nSPS) is 11.9. The summed E-state index contributed by atoms with van der Waals surface area (Å²) < 4.78 is 1.04. The number of hydrogen-bond acceptors (Lipinski definition) is 1. The second-order valence-electron chi connectivity index (χ2n) is 4.65. The summed E-state index contributed by atoms with van der Waals surface area (Å²) in [5.41, 5.74) is 3.11. The van der Waals surface area contributed by atoms with Gasteiger partial charge in [0.2, 0.25) is 5.91 Å². The van der Waals surface area contributed by atoms with Crippen molar-refractivity contribution in [2.24, 2.45) is 0 Å². The van der Waals surface area contributed by atoms with Crippen LogP contribution in [0.15, 0.2) is 53.0 Å². The lowest BCUT2D eigenvalue weighted by Crippen LogP contribution is -2.24. The van der Waals surface area contributed by atoms with Crippen LogP contribution in [0.3, 0.4) is 0 Å². The van der Waals surface area contributed by atoms with Crippen LogP contribution >= 0.6 is 31.9 Å². The third kappa shape index (κ3) is 4.46. The number of amides is 1. The van der Waals surface area contributed by atoms with Gasteiger partial charge in [0.1, 0.15) is 0 Å². The molecule has 2 nitrogen and oxygen atoms in total. The molecule has 0 saturated carbocycles. The van der Waals surface area contributed by atoms with Crippen LogP contribution in [0.25, 0.3) is 0 Å². The van der Waals surface area contributed by atoms with E-state index in [1.54, 1.807) is 0 Å². The molecule has 0 spiro atoms. The molecular formula is C16H15Br2NO. The maximum Gasteiger partial charge on any atom is 0.238 e. The fourth-order valence-electron chi connectivity index (χ4n) is 1.78. The highest BCUT2D eigenvalue weighted by molar-refractivity contribution is 9.10. The van der Waals surface area contributed by atoms with Crippen LogP contribution < -0.4 is 5.32 Å². The first-order valence-corrected chi connectivity index (χ1v) is 8.01. The Morgan fingerprint density at radius 3 is 2.30 bits per heavy atom. The Balaban J connectivity index is 1.94. The molecular weight excluding hydrogens is 382 g/mol. The lowest BCUT2D eigenvalue weighted by atomic mass is 10.1. The maximum atomic E-state index is 12.1. The number of hydrogen-bond donors (Lipinski definition) is 1. The van der Waals surface area contributed by atoms with Crippen LogP contribution in [-0.4, -0.2) is 10.7 Å². The summed E-state index contributed by atoms with van der Waals surface area (Å²) >= 11 is 6.85. The Bertz CT molecular complexity index is 578. The minimum Gasteiger partial charge on any atom is -0.325 e. The van der Waals surface area contributed by atoms with Crippen LogP contribution in [0, 0.1) is 6.92 Å². The highest BCUT2D eigenvalue weighted by Gasteiger charge is 2.15. The number of aryl methyl sites for hydroxylation is 1. The average molecular weight is 397 g/mol. The lowest BCUT2D eigenvalue weighted by molar-refractivity contribution is -0.115. The predicted molar refractivity (Wildman–Crippen MR) is 90.4 cm³/mol. The van der Waals surface area contributed by atoms with Gasteiger partial charge in [0, 0.05) is 10.2 Å². The molecule has 0 bridgehead atoms. The second-order valence-corrected chi connectivity index (χ2v) is 6.67. The molecule has 0 aliphatic rings. The third-order valence-electron chi connectivity index (χ3n) is 2.93. The average Bonchev–Trinajstić information content (AvgIpc) is 2.44. The summed E-state index contributed by atoms with van der Waals surface area (Å²) in [5, 5.41) is 2.91. The van der Waals surface area contributed by atoms with E-state index in [0.717, 1.165) is 15.7 Å². The third-order valence-corrected chi connectivity index (χ3v) is 4.20. The van der Waals surface area contributed by atoms with Crippen LogP contribution in [0.2, 0.25) is 0 Å². The van der Waals surface area contributed by atoms with Gasteiger partial charge in [-0.05, 0) is 43.2 Å². The molecule has 0 fully saturated rings. The Morgan fingerprint density at radius 1 is 1.10 bits per heavy atom. The van der Waals surface area contributed by atoms with E-state index < -0.39 is 0 Å². The molecule has 2 rings (SSSR count). The summed E-state index contributed by atoms with van der Waals surface area (Å²) in [7, 11) is 0. The summed E-state index contributed by atoms with van der Waals surface area (Å²) in [4.78, 5) is 11.9. The van der Waals surface area contributed by atoms with Gasteiger partial charge in [-0.2, -0.15) is 0 Å². The SMILES string of the molecule is Cc1ccc(NC(=O)C(Br)Cc2ccc(Br)cc2)cc1. The Labute approximate surface area is 135 Å². The minimum atomic E-state index is -0.245. The fraction of sp³-hybridized carbons (Fsp3) is 0.188. The van der Waals surface area contributed by atoms with E-state index in [9.17, 15) is 4.79 Å². The van der Waals surface area contributed by atoms with Gasteiger partial charge >= 0.3 is 0 Å². The van der Waals surface area contributed by atoms with Crippen molar-refractivity contribution in [2.45, 2.75) is 18.2 Å². The zero-order chi connectivity index (χ0) is 14.5. The number of nitrogens with one attached hydrogen (secondary N) is 1. The van der Waals surface area contributed by atoms with E-state index in [4.69, 9.17) is 0 Å². The monoisotopic (exact) mass is 395 g/mol. The molecule has 1 unspecified atom stereocenters. The van der Waals surface area contributed by atoms with Crippen LogP contribution in [-0.2, 0) is 11.2 Å². The molecule has 2 aromatic rings. The molecule has 2 aromatic carbocycles. The number of rotatable bonds is 4. The maximum absolute atomic E-state index is 12.1. The predicted octanol–water partition coefficient (Wildman–Crippen LogP) is 4.70. The minimum absolute atomic E-state index is 0.0308. The number of anilines is 1. The number of alkyl halides is 1. The van der Waals surface area contributed by atoms with Gasteiger partial charge < -0.3 is 5.32 Å². The van der Waals surface area contributed by atoms with Gasteiger partial charge in [0.15, 0.2) is 0 Å². The molecule has 0 aliphatic heterocycles. The number of halogens is 2. The van der Waals surface area contributed by atoms with Crippen molar-refractivity contribution >= 4 is 43.5 Å². The van der Waals surface area contributed by atoms with Crippen LogP contribution in [0.1, 0.15) is 11.1 Å². The summed E-state index contributed by atoms with van der Waals surface area (Å²) in [6.07, 6.45) is 0.658. The fourth-order valence-corrected chi connectivity index (χ4v) is 2.53. The second kappa shape index (κ2) is 7.04. The molecule has 1 amide bonds. The molecule has 4 heteroatoms. The molecule has 0 saturated heterocycles. The van der Waals surface area contributed by atoms with E-state index in [2.05, 4.69) is 37.2 Å². The van der Waals surface area contributed by atoms with E-state index >= 15 is 0 Å². The van der Waals surface area contributed by atoms with Gasteiger partial charge in [-0.3, -0.25) is 4.79 Å². The van der Waals surface area contributed by atoms with Crippen molar-refractivity contribution in [3.05, 3.63) is 64.1 Å². The molecule has 0 radical (unpaired) electrons. The van der Waals surface area contributed by atoms with Gasteiger partial charge in [0.25, 0.3) is 0 Å². The van der Waals surface area contributed by atoms with Crippen LogP contribution in [0.5, 0.6) is 0 Å². The highest BCUT2D eigenvalue weighted by atomic mass is 79.9. The van der Waals surface area contributed by atoms with E-state index in [-0.39, 0.29) is 10.7 Å². The van der Waals surface area contributed by atoms with Crippen molar-refractivity contribution in [2.75, 3.05) is 5.32 Å². The molecule has 1 atom stereocenters. The van der Waals surface area contributed by atoms with Crippen molar-refractivity contribution in [3.63, 3.8) is 0 Å². The van der Waals surface area contributed by atoms with Gasteiger partial charge in [-0.15, -0.1) is 0 Å². The van der Waals surface area contributed by atoms with E-state index in [0.29, 0.717) is 6.42 Å². The molecule has 20 heavy (non-hydrogen) atoms. The Kier molecular flexibility index (Phi) is 5.38. The molecule has 104 valence electrons. The first-order chi connectivity index (χ1) is 9.54. The standard InChI is InChI=1S/C16H15Br2NO/c1-11-2-8-14(9-3-11)19-16(20)15(18)10-12-4-6-13(17)7-5-12/h2-9,15H,10H2,1H3,(H,19,20). The molecule has 1 N–H and O–H groups in total. The Morgan fingerprint density at radius 2 is 1.70 bits per heavy atom. The van der Waals surface area contributed by atoms with Gasteiger partial charge in [-0.1, -0.05) is 61.7 Å². The van der Waals surface area contributed by atoms with Crippen molar-refractivity contribution in [1.82, 2.24) is 0 Å². The van der Waals surface area contributed by atoms with Gasteiger partial charge in [0.05, 0.1) is 4.83 Å². The number of carbonyl (C=O) groups is 1. The first kappa shape index (κ1) is 15.3. The van der Waals surface area contributed by atoms with E-state index in [1.807, 2.05) is 55.5 Å². The topological polar surface area (TPSA) is 29.1 Å².